The van der Waals surface area contributed by atoms with Gasteiger partial charge in [0.1, 0.15) is 5.75 Å². The van der Waals surface area contributed by atoms with Crippen molar-refractivity contribution in [2.24, 2.45) is 5.92 Å². The molecule has 0 aliphatic heterocycles. The fourth-order valence-electron chi connectivity index (χ4n) is 2.96. The molecule has 118 valence electrons. The molecule has 1 aliphatic carbocycles. The van der Waals surface area contributed by atoms with Crippen LogP contribution in [0, 0.1) is 5.92 Å². The average molecular weight is 292 g/mol. The predicted molar refractivity (Wildman–Crippen MR) is 84.6 cm³/mol. The van der Waals surface area contributed by atoms with Gasteiger partial charge in [-0.15, -0.1) is 0 Å². The number of ether oxygens (including phenoxy) is 2. The van der Waals surface area contributed by atoms with Crippen molar-refractivity contribution >= 4 is 0 Å². The van der Waals surface area contributed by atoms with Gasteiger partial charge in [-0.05, 0) is 64.6 Å². The van der Waals surface area contributed by atoms with Crippen LogP contribution < -0.4 is 10.1 Å². The Kier molecular flexibility index (Phi) is 6.00. The maximum atomic E-state index is 5.73. The van der Waals surface area contributed by atoms with Crippen molar-refractivity contribution in [1.82, 2.24) is 10.3 Å². The van der Waals surface area contributed by atoms with E-state index in [0.717, 1.165) is 24.7 Å². The highest BCUT2D eigenvalue weighted by Crippen LogP contribution is 2.37. The SMILES string of the molecule is CCOC1CC(CC(NC)c2cncc(OC(C)C)c2)C1. The summed E-state index contributed by atoms with van der Waals surface area (Å²) in [4.78, 5) is 4.31. The lowest BCUT2D eigenvalue weighted by molar-refractivity contribution is -0.0289. The summed E-state index contributed by atoms with van der Waals surface area (Å²) in [5.74, 6) is 1.59. The van der Waals surface area contributed by atoms with Crippen LogP contribution in [0.2, 0.25) is 0 Å². The molecule has 2 rings (SSSR count). The van der Waals surface area contributed by atoms with Gasteiger partial charge in [-0.1, -0.05) is 0 Å². The third-order valence-corrected chi connectivity index (χ3v) is 4.02. The van der Waals surface area contributed by atoms with Crippen molar-refractivity contribution in [2.45, 2.75) is 58.3 Å². The Hall–Kier alpha value is -1.13. The Morgan fingerprint density at radius 1 is 1.33 bits per heavy atom. The fraction of sp³-hybridized carbons (Fsp3) is 0.706. The molecule has 0 spiro atoms. The summed E-state index contributed by atoms with van der Waals surface area (Å²) in [7, 11) is 2.01. The lowest BCUT2D eigenvalue weighted by Gasteiger charge is -2.37. The fourth-order valence-corrected chi connectivity index (χ4v) is 2.96. The highest BCUT2D eigenvalue weighted by atomic mass is 16.5. The second-order valence-electron chi connectivity index (χ2n) is 6.11. The van der Waals surface area contributed by atoms with Crippen molar-refractivity contribution in [2.75, 3.05) is 13.7 Å². The van der Waals surface area contributed by atoms with Crippen molar-refractivity contribution in [3.8, 4) is 5.75 Å². The molecule has 0 bridgehead atoms. The molecule has 21 heavy (non-hydrogen) atoms. The quantitative estimate of drug-likeness (QED) is 0.798. The van der Waals surface area contributed by atoms with E-state index in [4.69, 9.17) is 9.47 Å². The number of aromatic nitrogens is 1. The third-order valence-electron chi connectivity index (χ3n) is 4.02. The Morgan fingerprint density at radius 2 is 2.10 bits per heavy atom. The summed E-state index contributed by atoms with van der Waals surface area (Å²) in [6.45, 7) is 6.95. The molecule has 0 saturated heterocycles. The molecule has 0 aromatic carbocycles. The summed E-state index contributed by atoms with van der Waals surface area (Å²) in [6, 6.07) is 2.44. The van der Waals surface area contributed by atoms with E-state index in [1.54, 1.807) is 6.20 Å². The van der Waals surface area contributed by atoms with Gasteiger partial charge in [-0.25, -0.2) is 0 Å². The molecule has 1 unspecified atom stereocenters. The summed E-state index contributed by atoms with van der Waals surface area (Å²) < 4.78 is 11.4. The maximum absolute atomic E-state index is 5.73. The number of nitrogens with zero attached hydrogens (tertiary/aromatic N) is 1. The molecule has 1 N–H and O–H groups in total. The number of hydrogen-bond donors (Lipinski definition) is 1. The van der Waals surface area contributed by atoms with Gasteiger partial charge in [0.15, 0.2) is 0 Å². The molecule has 0 amide bonds. The van der Waals surface area contributed by atoms with Crippen molar-refractivity contribution < 1.29 is 9.47 Å². The van der Waals surface area contributed by atoms with E-state index >= 15 is 0 Å². The standard InChI is InChI=1S/C17H28N2O2/c1-5-20-15-6-13(7-15)8-17(18-4)14-9-16(11-19-10-14)21-12(2)3/h9-13,15,17-18H,5-8H2,1-4H3. The van der Waals surface area contributed by atoms with E-state index in [-0.39, 0.29) is 6.10 Å². The van der Waals surface area contributed by atoms with Gasteiger partial charge in [0.05, 0.1) is 18.4 Å². The Labute approximate surface area is 128 Å². The Balaban J connectivity index is 1.92. The molecule has 4 heteroatoms. The van der Waals surface area contributed by atoms with E-state index in [1.165, 1.54) is 18.4 Å². The lowest BCUT2D eigenvalue weighted by atomic mass is 9.77. The zero-order valence-corrected chi connectivity index (χ0v) is 13.6. The van der Waals surface area contributed by atoms with Crippen LogP contribution in [0.4, 0.5) is 0 Å². The molecule has 1 atom stereocenters. The predicted octanol–water partition coefficient (Wildman–Crippen LogP) is 3.33. The number of pyridine rings is 1. The molecule has 1 heterocycles. The van der Waals surface area contributed by atoms with Crippen LogP contribution in [0.5, 0.6) is 5.75 Å². The minimum atomic E-state index is 0.175. The Bertz CT molecular complexity index is 431. The topological polar surface area (TPSA) is 43.4 Å². The number of rotatable bonds is 8. The Morgan fingerprint density at radius 3 is 2.71 bits per heavy atom. The van der Waals surface area contributed by atoms with Crippen LogP contribution in [0.1, 0.15) is 51.6 Å². The second kappa shape index (κ2) is 7.76. The highest BCUT2D eigenvalue weighted by molar-refractivity contribution is 5.26. The summed E-state index contributed by atoms with van der Waals surface area (Å²) in [5.41, 5.74) is 1.20. The van der Waals surface area contributed by atoms with Gasteiger partial charge in [-0.2, -0.15) is 0 Å². The van der Waals surface area contributed by atoms with Crippen LogP contribution in [-0.2, 0) is 4.74 Å². The van der Waals surface area contributed by atoms with E-state index in [2.05, 4.69) is 23.3 Å². The zero-order valence-electron chi connectivity index (χ0n) is 13.6. The second-order valence-corrected chi connectivity index (χ2v) is 6.11. The highest BCUT2D eigenvalue weighted by Gasteiger charge is 2.31. The molecule has 1 aromatic rings. The average Bonchev–Trinajstić information content (AvgIpc) is 2.41. The molecule has 1 aliphatic rings. The van der Waals surface area contributed by atoms with Crippen molar-refractivity contribution in [1.29, 1.82) is 0 Å². The van der Waals surface area contributed by atoms with E-state index in [1.807, 2.05) is 27.1 Å². The van der Waals surface area contributed by atoms with E-state index in [9.17, 15) is 0 Å². The third kappa shape index (κ3) is 4.68. The molecular formula is C17H28N2O2. The van der Waals surface area contributed by atoms with Gasteiger partial charge in [0.25, 0.3) is 0 Å². The first-order chi connectivity index (χ1) is 10.1. The minimum Gasteiger partial charge on any atom is -0.489 e. The van der Waals surface area contributed by atoms with Crippen molar-refractivity contribution in [3.05, 3.63) is 24.0 Å². The van der Waals surface area contributed by atoms with E-state index in [0.29, 0.717) is 12.1 Å². The van der Waals surface area contributed by atoms with Gasteiger partial charge < -0.3 is 14.8 Å². The molecule has 0 radical (unpaired) electrons. The van der Waals surface area contributed by atoms with Crippen LogP contribution >= 0.6 is 0 Å². The molecule has 4 nitrogen and oxygen atoms in total. The van der Waals surface area contributed by atoms with E-state index < -0.39 is 0 Å². The number of nitrogens with one attached hydrogen (secondary N) is 1. The minimum absolute atomic E-state index is 0.175. The summed E-state index contributed by atoms with van der Waals surface area (Å²) in [5, 5.41) is 3.41. The number of hydrogen-bond acceptors (Lipinski definition) is 4. The molecule has 1 saturated carbocycles. The molecule has 1 aromatic heterocycles. The molecule has 1 fully saturated rings. The van der Waals surface area contributed by atoms with Gasteiger partial charge >= 0.3 is 0 Å². The smallest absolute Gasteiger partial charge is 0.138 e. The normalized spacial score (nSPS) is 22.9. The molecular weight excluding hydrogens is 264 g/mol. The first-order valence-electron chi connectivity index (χ1n) is 8.02. The van der Waals surface area contributed by atoms with Gasteiger partial charge in [0.2, 0.25) is 0 Å². The largest absolute Gasteiger partial charge is 0.489 e. The summed E-state index contributed by atoms with van der Waals surface area (Å²) >= 11 is 0. The van der Waals surface area contributed by atoms with Crippen LogP contribution in [-0.4, -0.2) is 30.8 Å². The zero-order chi connectivity index (χ0) is 15.2. The van der Waals surface area contributed by atoms with Gasteiger partial charge in [0, 0.05) is 18.8 Å². The monoisotopic (exact) mass is 292 g/mol. The van der Waals surface area contributed by atoms with Crippen LogP contribution in [0.25, 0.3) is 0 Å². The van der Waals surface area contributed by atoms with Crippen LogP contribution in [0.3, 0.4) is 0 Å². The van der Waals surface area contributed by atoms with Crippen molar-refractivity contribution in [3.63, 3.8) is 0 Å². The maximum Gasteiger partial charge on any atom is 0.138 e. The summed E-state index contributed by atoms with van der Waals surface area (Å²) in [6.07, 6.45) is 7.87. The first-order valence-corrected chi connectivity index (χ1v) is 8.02. The first kappa shape index (κ1) is 16.2. The van der Waals surface area contributed by atoms with Gasteiger partial charge in [-0.3, -0.25) is 4.98 Å². The van der Waals surface area contributed by atoms with Crippen LogP contribution in [0.15, 0.2) is 18.5 Å². The lowest BCUT2D eigenvalue weighted by Crippen LogP contribution is -2.34.